The van der Waals surface area contributed by atoms with E-state index >= 15 is 0 Å². The fourth-order valence-electron chi connectivity index (χ4n) is 1.39. The van der Waals surface area contributed by atoms with Crippen LogP contribution in [0, 0.1) is 0 Å². The lowest BCUT2D eigenvalue weighted by molar-refractivity contribution is 0.0965. The molecule has 0 bridgehead atoms. The number of amides is 1. The van der Waals surface area contributed by atoms with Crippen LogP contribution >= 0.6 is 11.5 Å². The van der Waals surface area contributed by atoms with Gasteiger partial charge >= 0.3 is 0 Å². The molecule has 1 aromatic rings. The SMILES string of the molecule is CCC(COC)Nc1snc(N)c1C(=O)NC. The molecular formula is C10H18N4O2S. The Hall–Kier alpha value is -1.34. The van der Waals surface area contributed by atoms with E-state index in [-0.39, 0.29) is 17.8 Å². The maximum absolute atomic E-state index is 11.6. The Balaban J connectivity index is 2.87. The van der Waals surface area contributed by atoms with Gasteiger partial charge in [0.25, 0.3) is 5.91 Å². The van der Waals surface area contributed by atoms with Gasteiger partial charge in [0.2, 0.25) is 0 Å². The second kappa shape index (κ2) is 6.41. The number of carbonyl (C=O) groups excluding carboxylic acids is 1. The second-order valence-electron chi connectivity index (χ2n) is 3.56. The van der Waals surface area contributed by atoms with Gasteiger partial charge < -0.3 is 21.1 Å². The first-order valence-corrected chi connectivity index (χ1v) is 6.14. The van der Waals surface area contributed by atoms with Crippen molar-refractivity contribution in [3.8, 4) is 0 Å². The summed E-state index contributed by atoms with van der Waals surface area (Å²) in [5.74, 6) is 0.0233. The Morgan fingerprint density at radius 3 is 2.88 bits per heavy atom. The molecule has 1 atom stereocenters. The number of hydrogen-bond donors (Lipinski definition) is 3. The van der Waals surface area contributed by atoms with Crippen LogP contribution in [0.3, 0.4) is 0 Å². The average molecular weight is 258 g/mol. The molecule has 0 aromatic carbocycles. The molecule has 0 saturated heterocycles. The molecule has 1 rings (SSSR count). The fraction of sp³-hybridized carbons (Fsp3) is 0.600. The van der Waals surface area contributed by atoms with Crippen molar-refractivity contribution >= 4 is 28.3 Å². The highest BCUT2D eigenvalue weighted by Crippen LogP contribution is 2.27. The molecule has 0 aliphatic heterocycles. The minimum absolute atomic E-state index is 0.142. The summed E-state index contributed by atoms with van der Waals surface area (Å²) in [6.07, 6.45) is 0.888. The molecule has 6 nitrogen and oxygen atoms in total. The number of anilines is 2. The molecule has 1 amide bonds. The van der Waals surface area contributed by atoms with Crippen molar-refractivity contribution in [1.82, 2.24) is 9.69 Å². The first-order valence-electron chi connectivity index (χ1n) is 5.36. The summed E-state index contributed by atoms with van der Waals surface area (Å²) in [6, 6.07) is 0.142. The number of nitrogens with zero attached hydrogens (tertiary/aromatic N) is 1. The van der Waals surface area contributed by atoms with Gasteiger partial charge in [0.05, 0.1) is 12.6 Å². The topological polar surface area (TPSA) is 89.3 Å². The number of hydrogen-bond acceptors (Lipinski definition) is 6. The molecule has 4 N–H and O–H groups in total. The van der Waals surface area contributed by atoms with E-state index in [4.69, 9.17) is 10.5 Å². The molecule has 0 saturated carbocycles. The molecule has 1 heterocycles. The quantitative estimate of drug-likeness (QED) is 0.706. The maximum atomic E-state index is 11.6. The Bertz CT molecular complexity index is 380. The summed E-state index contributed by atoms with van der Waals surface area (Å²) in [5, 5.41) is 6.46. The Kier molecular flexibility index (Phi) is 5.17. The predicted molar refractivity (Wildman–Crippen MR) is 69.5 cm³/mol. The summed E-state index contributed by atoms with van der Waals surface area (Å²) in [5.41, 5.74) is 6.09. The molecule has 1 aromatic heterocycles. The van der Waals surface area contributed by atoms with Crippen molar-refractivity contribution in [2.75, 3.05) is 31.8 Å². The molecule has 96 valence electrons. The number of ether oxygens (including phenoxy) is 1. The molecule has 0 radical (unpaired) electrons. The van der Waals surface area contributed by atoms with Gasteiger partial charge in [0.15, 0.2) is 5.82 Å². The van der Waals surface area contributed by atoms with Crippen molar-refractivity contribution in [2.45, 2.75) is 19.4 Å². The molecule has 0 fully saturated rings. The van der Waals surface area contributed by atoms with E-state index < -0.39 is 0 Å². The number of nitrogens with one attached hydrogen (secondary N) is 2. The minimum Gasteiger partial charge on any atom is -0.383 e. The Morgan fingerprint density at radius 1 is 1.65 bits per heavy atom. The van der Waals surface area contributed by atoms with Crippen LogP contribution in [0.1, 0.15) is 23.7 Å². The largest absolute Gasteiger partial charge is 0.383 e. The van der Waals surface area contributed by atoms with Crippen LogP contribution in [0.15, 0.2) is 0 Å². The summed E-state index contributed by atoms with van der Waals surface area (Å²) in [6.45, 7) is 2.61. The van der Waals surface area contributed by atoms with Crippen LogP contribution in [-0.4, -0.2) is 37.1 Å². The van der Waals surface area contributed by atoms with Crippen LogP contribution in [0.4, 0.5) is 10.8 Å². The second-order valence-corrected chi connectivity index (χ2v) is 4.33. The highest BCUT2D eigenvalue weighted by molar-refractivity contribution is 7.11. The van der Waals surface area contributed by atoms with Gasteiger partial charge in [-0.05, 0) is 18.0 Å². The number of nitrogens with two attached hydrogens (primary N) is 1. The van der Waals surface area contributed by atoms with Crippen molar-refractivity contribution in [3.05, 3.63) is 5.56 Å². The number of aromatic nitrogens is 1. The molecule has 0 spiro atoms. The lowest BCUT2D eigenvalue weighted by Crippen LogP contribution is -2.26. The Morgan fingerprint density at radius 2 is 2.35 bits per heavy atom. The molecule has 1 unspecified atom stereocenters. The van der Waals surface area contributed by atoms with E-state index in [1.54, 1.807) is 14.2 Å². The van der Waals surface area contributed by atoms with E-state index in [0.717, 1.165) is 6.42 Å². The maximum Gasteiger partial charge on any atom is 0.257 e. The van der Waals surface area contributed by atoms with Crippen molar-refractivity contribution < 1.29 is 9.53 Å². The highest BCUT2D eigenvalue weighted by atomic mass is 32.1. The van der Waals surface area contributed by atoms with Crippen LogP contribution < -0.4 is 16.4 Å². The van der Waals surface area contributed by atoms with Crippen LogP contribution in [0.25, 0.3) is 0 Å². The third-order valence-corrected chi connectivity index (χ3v) is 3.16. The first kappa shape index (κ1) is 13.7. The lowest BCUT2D eigenvalue weighted by atomic mass is 10.2. The normalized spacial score (nSPS) is 12.2. The molecule has 7 heteroatoms. The number of methoxy groups -OCH3 is 1. The van der Waals surface area contributed by atoms with E-state index in [1.165, 1.54) is 11.5 Å². The van der Waals surface area contributed by atoms with Gasteiger partial charge in [-0.2, -0.15) is 4.37 Å². The van der Waals surface area contributed by atoms with Crippen molar-refractivity contribution in [3.63, 3.8) is 0 Å². The number of rotatable bonds is 6. The summed E-state index contributed by atoms with van der Waals surface area (Å²) in [7, 11) is 3.21. The van der Waals surface area contributed by atoms with Crippen molar-refractivity contribution in [2.24, 2.45) is 0 Å². The molecule has 17 heavy (non-hydrogen) atoms. The minimum atomic E-state index is -0.231. The summed E-state index contributed by atoms with van der Waals surface area (Å²) in [4.78, 5) is 11.6. The predicted octanol–water partition coefficient (Wildman–Crippen LogP) is 0.922. The zero-order valence-corrected chi connectivity index (χ0v) is 11.1. The van der Waals surface area contributed by atoms with Crippen LogP contribution in [0.5, 0.6) is 0 Å². The van der Waals surface area contributed by atoms with Gasteiger partial charge in [-0.1, -0.05) is 6.92 Å². The highest BCUT2D eigenvalue weighted by Gasteiger charge is 2.20. The lowest BCUT2D eigenvalue weighted by Gasteiger charge is -2.16. The number of carbonyl (C=O) groups is 1. The Labute approximate surface area is 105 Å². The van der Waals surface area contributed by atoms with Crippen LogP contribution in [0.2, 0.25) is 0 Å². The number of nitrogen functional groups attached to an aromatic ring is 1. The van der Waals surface area contributed by atoms with Gasteiger partial charge in [-0.15, -0.1) is 0 Å². The smallest absolute Gasteiger partial charge is 0.257 e. The van der Waals surface area contributed by atoms with Gasteiger partial charge in [0.1, 0.15) is 10.6 Å². The van der Waals surface area contributed by atoms with Gasteiger partial charge in [-0.25, -0.2) is 0 Å². The van der Waals surface area contributed by atoms with E-state index in [1.807, 2.05) is 6.92 Å². The summed E-state index contributed by atoms with van der Waals surface area (Å²) >= 11 is 1.19. The standard InChI is InChI=1S/C10H18N4O2S/c1-4-6(5-16-3)13-10-7(9(15)12-2)8(11)14-17-10/h6,13H,4-5H2,1-3H3,(H2,11,14)(H,12,15). The zero-order chi connectivity index (χ0) is 12.8. The van der Waals surface area contributed by atoms with Gasteiger partial charge in [0, 0.05) is 14.2 Å². The monoisotopic (exact) mass is 258 g/mol. The molecular weight excluding hydrogens is 240 g/mol. The van der Waals surface area contributed by atoms with E-state index in [9.17, 15) is 4.79 Å². The van der Waals surface area contributed by atoms with Crippen LogP contribution in [-0.2, 0) is 4.74 Å². The third kappa shape index (κ3) is 3.31. The average Bonchev–Trinajstić information content (AvgIpc) is 2.69. The molecule has 0 aliphatic rings. The van der Waals surface area contributed by atoms with Gasteiger partial charge in [-0.3, -0.25) is 4.79 Å². The van der Waals surface area contributed by atoms with E-state index in [0.29, 0.717) is 17.2 Å². The third-order valence-electron chi connectivity index (χ3n) is 2.37. The fourth-order valence-corrected chi connectivity index (χ4v) is 2.18. The molecule has 0 aliphatic carbocycles. The van der Waals surface area contributed by atoms with E-state index in [2.05, 4.69) is 15.0 Å². The zero-order valence-electron chi connectivity index (χ0n) is 10.2. The first-order chi connectivity index (χ1) is 8.13. The summed E-state index contributed by atoms with van der Waals surface area (Å²) < 4.78 is 9.08. The van der Waals surface area contributed by atoms with Crippen molar-refractivity contribution in [1.29, 1.82) is 0 Å².